The van der Waals surface area contributed by atoms with Crippen LogP contribution in [0.3, 0.4) is 0 Å². The summed E-state index contributed by atoms with van der Waals surface area (Å²) < 4.78 is 8.15. The minimum Gasteiger partial charge on any atom is -0.494 e. The predicted octanol–water partition coefficient (Wildman–Crippen LogP) is 3.46. The van der Waals surface area contributed by atoms with E-state index in [-0.39, 0.29) is 11.9 Å². The largest absolute Gasteiger partial charge is 0.494 e. The van der Waals surface area contributed by atoms with Gasteiger partial charge in [0.2, 0.25) is 5.91 Å². The minimum absolute atomic E-state index is 0.0667. The molecule has 2 aromatic carbocycles. The number of halogens is 1. The molecule has 0 bridgehead atoms. The molecule has 1 amide bonds. The number of hydrogen-bond donors (Lipinski definition) is 1. The van der Waals surface area contributed by atoms with Crippen LogP contribution in [-0.2, 0) is 4.79 Å². The van der Waals surface area contributed by atoms with Gasteiger partial charge in [-0.1, -0.05) is 40.2 Å². The summed E-state index contributed by atoms with van der Waals surface area (Å²) in [4.78, 5) is 12.2. The zero-order chi connectivity index (χ0) is 19.1. The Morgan fingerprint density at radius 3 is 2.81 bits per heavy atom. The summed E-state index contributed by atoms with van der Waals surface area (Å²) in [5.41, 5.74) is 0.821. The van der Waals surface area contributed by atoms with E-state index in [0.717, 1.165) is 15.9 Å². The smallest absolute Gasteiger partial charge is 0.220 e. The van der Waals surface area contributed by atoms with Gasteiger partial charge in [-0.25, -0.2) is 0 Å². The number of para-hydroxylation sites is 1. The molecule has 0 saturated carbocycles. The van der Waals surface area contributed by atoms with Gasteiger partial charge in [0.15, 0.2) is 5.82 Å². The first-order valence-corrected chi connectivity index (χ1v) is 9.44. The molecule has 0 fully saturated rings. The summed E-state index contributed by atoms with van der Waals surface area (Å²) in [6.45, 7) is 2.35. The molecular weight excluding hydrogens is 410 g/mol. The van der Waals surface area contributed by atoms with Crippen LogP contribution in [0.4, 0.5) is 0 Å². The molecule has 1 aromatic heterocycles. The Bertz CT molecular complexity index is 885. The van der Waals surface area contributed by atoms with Crippen molar-refractivity contribution >= 4 is 21.8 Å². The third kappa shape index (κ3) is 5.37. The molecule has 1 unspecified atom stereocenters. The second kappa shape index (κ2) is 9.27. The highest BCUT2D eigenvalue weighted by Gasteiger charge is 2.18. The molecule has 27 heavy (non-hydrogen) atoms. The van der Waals surface area contributed by atoms with Crippen molar-refractivity contribution < 1.29 is 9.53 Å². The third-order valence-corrected chi connectivity index (χ3v) is 4.36. The van der Waals surface area contributed by atoms with Crippen molar-refractivity contribution in [2.45, 2.75) is 25.8 Å². The standard InChI is InChI=1S/C19H20BrN5O2/c1-14(19-22-23-24-25(19)16-8-5-7-15(20)13-16)21-18(26)11-6-12-27-17-9-3-2-4-10-17/h2-5,7-10,13-14H,6,11-12H2,1H3,(H,21,26). The van der Waals surface area contributed by atoms with E-state index in [1.54, 1.807) is 4.68 Å². The lowest BCUT2D eigenvalue weighted by Gasteiger charge is -2.14. The summed E-state index contributed by atoms with van der Waals surface area (Å²) in [6.07, 6.45) is 1.000. The number of rotatable bonds is 8. The van der Waals surface area contributed by atoms with E-state index in [9.17, 15) is 4.79 Å². The quantitative estimate of drug-likeness (QED) is 0.554. The van der Waals surface area contributed by atoms with E-state index in [1.807, 2.05) is 61.5 Å². The molecule has 0 spiro atoms. The summed E-state index contributed by atoms with van der Waals surface area (Å²) in [5.74, 6) is 1.31. The highest BCUT2D eigenvalue weighted by Crippen LogP contribution is 2.18. The Kier molecular flexibility index (Phi) is 6.54. The van der Waals surface area contributed by atoms with Gasteiger partial charge in [-0.3, -0.25) is 4.79 Å². The number of carbonyl (C=O) groups excluding carboxylic acids is 1. The van der Waals surface area contributed by atoms with Gasteiger partial charge in [-0.05, 0) is 54.1 Å². The molecule has 1 N–H and O–H groups in total. The summed E-state index contributed by atoms with van der Waals surface area (Å²) in [7, 11) is 0. The number of ether oxygens (including phenoxy) is 1. The molecule has 0 aliphatic rings. The normalized spacial score (nSPS) is 11.8. The first kappa shape index (κ1) is 19.0. The van der Waals surface area contributed by atoms with E-state index in [1.165, 1.54) is 0 Å². The SMILES string of the molecule is CC(NC(=O)CCCOc1ccccc1)c1nnnn1-c1cccc(Br)c1. The van der Waals surface area contributed by atoms with Crippen molar-refractivity contribution in [2.75, 3.05) is 6.61 Å². The Morgan fingerprint density at radius 1 is 1.22 bits per heavy atom. The van der Waals surface area contributed by atoms with Crippen LogP contribution in [0, 0.1) is 0 Å². The van der Waals surface area contributed by atoms with Crippen molar-refractivity contribution in [3.63, 3.8) is 0 Å². The average Bonchev–Trinajstić information content (AvgIpc) is 3.16. The van der Waals surface area contributed by atoms with E-state index in [2.05, 4.69) is 36.8 Å². The number of nitrogens with zero attached hydrogens (tertiary/aromatic N) is 4. The van der Waals surface area contributed by atoms with Gasteiger partial charge in [0.25, 0.3) is 0 Å². The number of nitrogens with one attached hydrogen (secondary N) is 1. The van der Waals surface area contributed by atoms with Crippen molar-refractivity contribution in [1.29, 1.82) is 0 Å². The lowest BCUT2D eigenvalue weighted by Crippen LogP contribution is -2.28. The van der Waals surface area contributed by atoms with Crippen molar-refractivity contribution in [3.05, 3.63) is 64.9 Å². The number of carbonyl (C=O) groups is 1. The number of amides is 1. The minimum atomic E-state index is -0.318. The van der Waals surface area contributed by atoms with Gasteiger partial charge in [0.1, 0.15) is 5.75 Å². The van der Waals surface area contributed by atoms with Crippen molar-refractivity contribution in [2.24, 2.45) is 0 Å². The fraction of sp³-hybridized carbons (Fsp3) is 0.263. The van der Waals surface area contributed by atoms with Gasteiger partial charge in [-0.15, -0.1) is 5.10 Å². The van der Waals surface area contributed by atoms with Crippen LogP contribution >= 0.6 is 15.9 Å². The zero-order valence-electron chi connectivity index (χ0n) is 14.9. The second-order valence-electron chi connectivity index (χ2n) is 5.98. The molecule has 0 aliphatic heterocycles. The Balaban J connectivity index is 1.51. The zero-order valence-corrected chi connectivity index (χ0v) is 16.5. The van der Waals surface area contributed by atoms with Crippen LogP contribution in [0.1, 0.15) is 31.6 Å². The molecule has 3 rings (SSSR count). The Morgan fingerprint density at radius 2 is 2.04 bits per heavy atom. The van der Waals surface area contributed by atoms with Gasteiger partial charge in [-0.2, -0.15) is 4.68 Å². The summed E-state index contributed by atoms with van der Waals surface area (Å²) in [6, 6.07) is 16.9. The molecule has 3 aromatic rings. The predicted molar refractivity (Wildman–Crippen MR) is 105 cm³/mol. The molecular formula is C19H20BrN5O2. The second-order valence-corrected chi connectivity index (χ2v) is 6.90. The number of hydrogen-bond acceptors (Lipinski definition) is 5. The topological polar surface area (TPSA) is 81.9 Å². The Hall–Kier alpha value is -2.74. The first-order chi connectivity index (χ1) is 13.1. The average molecular weight is 430 g/mol. The van der Waals surface area contributed by atoms with Crippen molar-refractivity contribution in [1.82, 2.24) is 25.5 Å². The van der Waals surface area contributed by atoms with Crippen LogP contribution in [-0.4, -0.2) is 32.7 Å². The van der Waals surface area contributed by atoms with Gasteiger partial charge in [0, 0.05) is 10.9 Å². The lowest BCUT2D eigenvalue weighted by molar-refractivity contribution is -0.122. The van der Waals surface area contributed by atoms with Crippen LogP contribution in [0.15, 0.2) is 59.1 Å². The maximum atomic E-state index is 12.2. The molecule has 8 heteroatoms. The van der Waals surface area contributed by atoms with Gasteiger partial charge < -0.3 is 10.1 Å². The third-order valence-electron chi connectivity index (χ3n) is 3.87. The molecule has 140 valence electrons. The molecule has 0 aliphatic carbocycles. The molecule has 1 atom stereocenters. The van der Waals surface area contributed by atoms with E-state index in [4.69, 9.17) is 4.74 Å². The molecule has 0 radical (unpaired) electrons. The van der Waals surface area contributed by atoms with E-state index >= 15 is 0 Å². The monoisotopic (exact) mass is 429 g/mol. The highest BCUT2D eigenvalue weighted by atomic mass is 79.9. The Labute approximate surface area is 165 Å². The van der Waals surface area contributed by atoms with Gasteiger partial charge >= 0.3 is 0 Å². The number of aromatic nitrogens is 4. The molecule has 7 nitrogen and oxygen atoms in total. The highest BCUT2D eigenvalue weighted by molar-refractivity contribution is 9.10. The summed E-state index contributed by atoms with van der Waals surface area (Å²) in [5, 5.41) is 14.8. The van der Waals surface area contributed by atoms with Gasteiger partial charge in [0.05, 0.1) is 18.3 Å². The van der Waals surface area contributed by atoms with Crippen LogP contribution in [0.2, 0.25) is 0 Å². The van der Waals surface area contributed by atoms with E-state index in [0.29, 0.717) is 25.3 Å². The molecule has 0 saturated heterocycles. The lowest BCUT2D eigenvalue weighted by atomic mass is 10.2. The fourth-order valence-electron chi connectivity index (χ4n) is 2.57. The maximum Gasteiger partial charge on any atom is 0.220 e. The number of tetrazole rings is 1. The maximum absolute atomic E-state index is 12.2. The van der Waals surface area contributed by atoms with Crippen LogP contribution in [0.25, 0.3) is 5.69 Å². The summed E-state index contributed by atoms with van der Waals surface area (Å²) >= 11 is 3.44. The number of benzene rings is 2. The fourth-order valence-corrected chi connectivity index (χ4v) is 2.96. The first-order valence-electron chi connectivity index (χ1n) is 8.65. The van der Waals surface area contributed by atoms with Crippen molar-refractivity contribution in [3.8, 4) is 11.4 Å². The van der Waals surface area contributed by atoms with Crippen LogP contribution < -0.4 is 10.1 Å². The molecule has 1 heterocycles. The van der Waals surface area contributed by atoms with E-state index < -0.39 is 0 Å². The van der Waals surface area contributed by atoms with Crippen LogP contribution in [0.5, 0.6) is 5.75 Å².